The van der Waals surface area contributed by atoms with Gasteiger partial charge >= 0.3 is 0 Å². The molecule has 25 heavy (non-hydrogen) atoms. The first kappa shape index (κ1) is 16.5. The molecule has 1 saturated heterocycles. The van der Waals surface area contributed by atoms with Crippen LogP contribution >= 0.6 is 23.4 Å². The zero-order valence-electron chi connectivity index (χ0n) is 13.8. The molecule has 5 nitrogen and oxygen atoms in total. The van der Waals surface area contributed by atoms with E-state index in [0.717, 1.165) is 46.3 Å². The minimum Gasteiger partial charge on any atom is -0.467 e. The average Bonchev–Trinajstić information content (AvgIpc) is 3.37. The molecule has 0 aliphatic carbocycles. The highest BCUT2D eigenvalue weighted by Crippen LogP contribution is 2.29. The number of hydrogen-bond acceptors (Lipinski definition) is 5. The van der Waals surface area contributed by atoms with Crippen LogP contribution in [0.1, 0.15) is 24.2 Å². The molecule has 1 aromatic carbocycles. The summed E-state index contributed by atoms with van der Waals surface area (Å²) in [4.78, 5) is 2.30. The Morgan fingerprint density at radius 3 is 2.68 bits per heavy atom. The van der Waals surface area contributed by atoms with Crippen molar-refractivity contribution in [2.45, 2.75) is 30.3 Å². The molecule has 0 radical (unpaired) electrons. The van der Waals surface area contributed by atoms with E-state index in [1.165, 1.54) is 12.8 Å². The zero-order chi connectivity index (χ0) is 17.1. The molecule has 4 rings (SSSR count). The molecule has 0 atom stereocenters. The fraction of sp³-hybridized carbons (Fsp3) is 0.333. The Morgan fingerprint density at radius 2 is 1.92 bits per heavy atom. The maximum Gasteiger partial charge on any atom is 0.228 e. The van der Waals surface area contributed by atoms with Crippen molar-refractivity contribution in [3.63, 3.8) is 0 Å². The maximum atomic E-state index is 6.27. The van der Waals surface area contributed by atoms with E-state index >= 15 is 0 Å². The molecule has 7 heteroatoms. The topological polar surface area (TPSA) is 47.1 Å². The van der Waals surface area contributed by atoms with Gasteiger partial charge in [0.25, 0.3) is 0 Å². The Labute approximate surface area is 156 Å². The van der Waals surface area contributed by atoms with Gasteiger partial charge in [-0.3, -0.25) is 4.57 Å². The van der Waals surface area contributed by atoms with E-state index in [4.69, 9.17) is 16.0 Å². The molecule has 0 spiro atoms. The van der Waals surface area contributed by atoms with E-state index < -0.39 is 0 Å². The van der Waals surface area contributed by atoms with Crippen molar-refractivity contribution in [1.82, 2.24) is 14.8 Å². The van der Waals surface area contributed by atoms with Gasteiger partial charge in [-0.1, -0.05) is 41.6 Å². The van der Waals surface area contributed by atoms with Crippen molar-refractivity contribution in [2.75, 3.05) is 18.0 Å². The normalized spacial score (nSPS) is 14.4. The molecule has 1 fully saturated rings. The van der Waals surface area contributed by atoms with Gasteiger partial charge in [0.2, 0.25) is 5.95 Å². The standard InChI is InChI=1S/C18H19ClN4OS/c19-16-8-2-1-6-14(16)13-25-18-21-20-17(22-9-3-4-10-22)23(18)12-15-7-5-11-24-15/h1-2,5-8,11H,3-4,9-10,12-13H2. The van der Waals surface area contributed by atoms with Crippen LogP contribution in [0.3, 0.4) is 0 Å². The largest absolute Gasteiger partial charge is 0.467 e. The number of benzene rings is 1. The van der Waals surface area contributed by atoms with Crippen LogP contribution in [0, 0.1) is 0 Å². The van der Waals surface area contributed by atoms with Gasteiger partial charge in [0, 0.05) is 23.9 Å². The quantitative estimate of drug-likeness (QED) is 0.596. The third-order valence-corrected chi connectivity index (χ3v) is 5.68. The predicted molar refractivity (Wildman–Crippen MR) is 100 cm³/mol. The van der Waals surface area contributed by atoms with Crippen LogP contribution in [-0.2, 0) is 12.3 Å². The van der Waals surface area contributed by atoms with Gasteiger partial charge in [0.1, 0.15) is 5.76 Å². The van der Waals surface area contributed by atoms with Crippen LogP contribution in [0.15, 0.2) is 52.2 Å². The Kier molecular flexibility index (Phi) is 4.99. The molecule has 1 aliphatic rings. The zero-order valence-corrected chi connectivity index (χ0v) is 15.3. The van der Waals surface area contributed by atoms with Crippen molar-refractivity contribution in [1.29, 1.82) is 0 Å². The van der Waals surface area contributed by atoms with Gasteiger partial charge in [-0.15, -0.1) is 10.2 Å². The molecular formula is C18H19ClN4OS. The number of anilines is 1. The Morgan fingerprint density at radius 1 is 1.08 bits per heavy atom. The lowest BCUT2D eigenvalue weighted by Crippen LogP contribution is -2.22. The summed E-state index contributed by atoms with van der Waals surface area (Å²) in [6.07, 6.45) is 4.11. The Balaban J connectivity index is 1.59. The number of halogens is 1. The minimum absolute atomic E-state index is 0.636. The smallest absolute Gasteiger partial charge is 0.228 e. The van der Waals surface area contributed by atoms with E-state index in [0.29, 0.717) is 6.54 Å². The number of hydrogen-bond donors (Lipinski definition) is 0. The highest BCUT2D eigenvalue weighted by Gasteiger charge is 2.22. The maximum absolute atomic E-state index is 6.27. The fourth-order valence-electron chi connectivity index (χ4n) is 2.99. The van der Waals surface area contributed by atoms with Gasteiger partial charge in [0.15, 0.2) is 5.16 Å². The molecule has 0 bridgehead atoms. The molecule has 130 valence electrons. The first-order chi connectivity index (χ1) is 12.3. The lowest BCUT2D eigenvalue weighted by atomic mass is 10.2. The van der Waals surface area contributed by atoms with E-state index in [2.05, 4.69) is 19.7 Å². The second-order valence-corrected chi connectivity index (χ2v) is 7.37. The summed E-state index contributed by atoms with van der Waals surface area (Å²) in [6, 6.07) is 11.8. The van der Waals surface area contributed by atoms with Gasteiger partial charge in [-0.2, -0.15) is 0 Å². The van der Waals surface area contributed by atoms with Crippen LogP contribution in [0.25, 0.3) is 0 Å². The molecule has 0 unspecified atom stereocenters. The summed E-state index contributed by atoms with van der Waals surface area (Å²) in [5, 5.41) is 10.6. The highest BCUT2D eigenvalue weighted by molar-refractivity contribution is 7.98. The summed E-state index contributed by atoms with van der Waals surface area (Å²) in [6.45, 7) is 2.70. The second kappa shape index (κ2) is 7.54. The monoisotopic (exact) mass is 374 g/mol. The van der Waals surface area contributed by atoms with E-state index in [1.807, 2.05) is 36.4 Å². The summed E-state index contributed by atoms with van der Waals surface area (Å²) in [7, 11) is 0. The highest BCUT2D eigenvalue weighted by atomic mass is 35.5. The lowest BCUT2D eigenvalue weighted by Gasteiger charge is -2.17. The van der Waals surface area contributed by atoms with Gasteiger partial charge < -0.3 is 9.32 Å². The van der Waals surface area contributed by atoms with E-state index in [1.54, 1.807) is 18.0 Å². The van der Waals surface area contributed by atoms with Crippen LogP contribution in [0.5, 0.6) is 0 Å². The van der Waals surface area contributed by atoms with Crippen molar-refractivity contribution >= 4 is 29.3 Å². The summed E-state index contributed by atoms with van der Waals surface area (Å²) < 4.78 is 7.68. The van der Waals surface area contributed by atoms with Crippen molar-refractivity contribution < 1.29 is 4.42 Å². The number of thioether (sulfide) groups is 1. The average molecular weight is 375 g/mol. The minimum atomic E-state index is 0.636. The molecule has 1 aliphatic heterocycles. The van der Waals surface area contributed by atoms with Crippen LogP contribution < -0.4 is 4.90 Å². The van der Waals surface area contributed by atoms with Gasteiger partial charge in [-0.25, -0.2) is 0 Å². The third kappa shape index (κ3) is 3.70. The predicted octanol–water partition coefficient (Wildman–Crippen LogP) is 4.47. The first-order valence-electron chi connectivity index (χ1n) is 8.38. The number of furan rings is 1. The molecule has 0 N–H and O–H groups in total. The summed E-state index contributed by atoms with van der Waals surface area (Å²) >= 11 is 7.93. The van der Waals surface area contributed by atoms with Crippen molar-refractivity contribution in [3.05, 3.63) is 59.0 Å². The lowest BCUT2D eigenvalue weighted by molar-refractivity contribution is 0.483. The fourth-order valence-corrected chi connectivity index (χ4v) is 4.21. The number of aromatic nitrogens is 3. The molecule has 3 heterocycles. The van der Waals surface area contributed by atoms with Crippen molar-refractivity contribution in [2.24, 2.45) is 0 Å². The Hall–Kier alpha value is -1.92. The SMILES string of the molecule is Clc1ccccc1CSc1nnc(N2CCCC2)n1Cc1ccco1. The molecule has 2 aromatic heterocycles. The van der Waals surface area contributed by atoms with Gasteiger partial charge in [-0.05, 0) is 36.6 Å². The van der Waals surface area contributed by atoms with Crippen molar-refractivity contribution in [3.8, 4) is 0 Å². The summed E-state index contributed by atoms with van der Waals surface area (Å²) in [5.41, 5.74) is 1.10. The first-order valence-corrected chi connectivity index (χ1v) is 9.74. The van der Waals surface area contributed by atoms with Crippen LogP contribution in [-0.4, -0.2) is 27.9 Å². The van der Waals surface area contributed by atoms with Gasteiger partial charge in [0.05, 0.1) is 12.8 Å². The van der Waals surface area contributed by atoms with E-state index in [-0.39, 0.29) is 0 Å². The molecule has 0 amide bonds. The number of rotatable bonds is 6. The van der Waals surface area contributed by atoms with Crippen LogP contribution in [0.2, 0.25) is 5.02 Å². The molecule has 0 saturated carbocycles. The molecular weight excluding hydrogens is 356 g/mol. The second-order valence-electron chi connectivity index (χ2n) is 6.02. The molecule has 3 aromatic rings. The third-order valence-electron chi connectivity index (χ3n) is 4.29. The summed E-state index contributed by atoms with van der Waals surface area (Å²) in [5.74, 6) is 2.59. The van der Waals surface area contributed by atoms with E-state index in [9.17, 15) is 0 Å². The van der Waals surface area contributed by atoms with Crippen LogP contribution in [0.4, 0.5) is 5.95 Å². The Bertz CT molecular complexity index is 827. The number of nitrogens with zero attached hydrogens (tertiary/aromatic N) is 4.